The number of carbonyl (C=O) groups is 1. The van der Waals surface area contributed by atoms with Crippen LogP contribution in [0.2, 0.25) is 0 Å². The second-order valence-corrected chi connectivity index (χ2v) is 7.56. The molecule has 1 atom stereocenters. The standard InChI is InChI=1S/C23H26N2O3/c26-22(27-16-19-7-3-1-4-8-19)23(15-18-11-13-24-14-12-18)17-28-21(25-23)20-9-5-2-6-10-20/h1-10,18,24H,11-17H2/t23-/m1/s1. The third-order valence-electron chi connectivity index (χ3n) is 5.46. The first kappa shape index (κ1) is 18.7. The van der Waals surface area contributed by atoms with Crippen LogP contribution in [-0.4, -0.2) is 37.1 Å². The number of aliphatic imine (C=N–C) groups is 1. The maximum absolute atomic E-state index is 13.2. The zero-order valence-electron chi connectivity index (χ0n) is 16.0. The Hall–Kier alpha value is -2.66. The van der Waals surface area contributed by atoms with E-state index < -0.39 is 5.54 Å². The molecule has 5 nitrogen and oxygen atoms in total. The highest BCUT2D eigenvalue weighted by Gasteiger charge is 2.47. The first-order valence-corrected chi connectivity index (χ1v) is 9.95. The number of hydrogen-bond donors (Lipinski definition) is 1. The monoisotopic (exact) mass is 378 g/mol. The summed E-state index contributed by atoms with van der Waals surface area (Å²) in [5.74, 6) is 0.681. The Morgan fingerprint density at radius 1 is 1.07 bits per heavy atom. The van der Waals surface area contributed by atoms with E-state index in [9.17, 15) is 4.79 Å². The van der Waals surface area contributed by atoms with Gasteiger partial charge in [0.1, 0.15) is 13.2 Å². The van der Waals surface area contributed by atoms with Gasteiger partial charge in [0.2, 0.25) is 5.90 Å². The topological polar surface area (TPSA) is 59.9 Å². The van der Waals surface area contributed by atoms with E-state index in [-0.39, 0.29) is 19.2 Å². The summed E-state index contributed by atoms with van der Waals surface area (Å²) in [6.45, 7) is 2.46. The lowest BCUT2D eigenvalue weighted by Gasteiger charge is -2.29. The molecule has 2 heterocycles. The number of ether oxygens (including phenoxy) is 2. The van der Waals surface area contributed by atoms with Crippen molar-refractivity contribution in [2.75, 3.05) is 19.7 Å². The average Bonchev–Trinajstić information content (AvgIpc) is 3.19. The molecule has 2 aromatic rings. The molecule has 4 rings (SSSR count). The Morgan fingerprint density at radius 2 is 1.75 bits per heavy atom. The SMILES string of the molecule is O=C(OCc1ccccc1)[C@@]1(CC2CCNCC2)COC(c2ccccc2)=N1. The van der Waals surface area contributed by atoms with Gasteiger partial charge in [0.25, 0.3) is 0 Å². The Balaban J connectivity index is 1.54. The summed E-state index contributed by atoms with van der Waals surface area (Å²) in [4.78, 5) is 18.0. The van der Waals surface area contributed by atoms with Crippen LogP contribution in [0.4, 0.5) is 0 Å². The van der Waals surface area contributed by atoms with Crippen molar-refractivity contribution in [1.82, 2.24) is 5.32 Å². The first-order valence-electron chi connectivity index (χ1n) is 9.95. The molecule has 2 aliphatic heterocycles. The Labute approximate surface area is 165 Å². The van der Waals surface area contributed by atoms with Crippen LogP contribution in [0.1, 0.15) is 30.4 Å². The number of hydrogen-bond acceptors (Lipinski definition) is 5. The number of benzene rings is 2. The van der Waals surface area contributed by atoms with E-state index in [4.69, 9.17) is 14.5 Å². The van der Waals surface area contributed by atoms with Crippen LogP contribution >= 0.6 is 0 Å². The number of rotatable bonds is 6. The quantitative estimate of drug-likeness (QED) is 0.784. The van der Waals surface area contributed by atoms with Gasteiger partial charge >= 0.3 is 5.97 Å². The normalized spacial score (nSPS) is 22.4. The summed E-state index contributed by atoms with van der Waals surface area (Å²) in [7, 11) is 0. The Kier molecular flexibility index (Phi) is 5.72. The number of nitrogens with zero attached hydrogens (tertiary/aromatic N) is 1. The van der Waals surface area contributed by atoms with Gasteiger partial charge < -0.3 is 14.8 Å². The van der Waals surface area contributed by atoms with Crippen molar-refractivity contribution < 1.29 is 14.3 Å². The van der Waals surface area contributed by atoms with Gasteiger partial charge in [-0.3, -0.25) is 0 Å². The molecule has 28 heavy (non-hydrogen) atoms. The lowest BCUT2D eigenvalue weighted by atomic mass is 9.83. The Bertz CT molecular complexity index is 816. The third-order valence-corrected chi connectivity index (χ3v) is 5.46. The maximum Gasteiger partial charge on any atom is 0.338 e. The van der Waals surface area contributed by atoms with E-state index in [2.05, 4.69) is 5.32 Å². The van der Waals surface area contributed by atoms with Gasteiger partial charge in [0.15, 0.2) is 5.54 Å². The van der Waals surface area contributed by atoms with Crippen LogP contribution in [0, 0.1) is 5.92 Å². The van der Waals surface area contributed by atoms with Crippen molar-refractivity contribution in [1.29, 1.82) is 0 Å². The molecule has 1 saturated heterocycles. The number of esters is 1. The van der Waals surface area contributed by atoms with Crippen LogP contribution in [-0.2, 0) is 20.9 Å². The summed E-state index contributed by atoms with van der Waals surface area (Å²) in [6.07, 6.45) is 2.76. The summed E-state index contributed by atoms with van der Waals surface area (Å²) in [5.41, 5.74) is 0.909. The fourth-order valence-electron chi connectivity index (χ4n) is 3.89. The molecule has 0 aliphatic carbocycles. The fraction of sp³-hybridized carbons (Fsp3) is 0.391. The highest BCUT2D eigenvalue weighted by molar-refractivity contribution is 5.99. The number of piperidine rings is 1. The molecule has 2 aromatic carbocycles. The van der Waals surface area contributed by atoms with Crippen molar-refractivity contribution in [3.8, 4) is 0 Å². The van der Waals surface area contributed by atoms with E-state index in [1.165, 1.54) is 0 Å². The summed E-state index contributed by atoms with van der Waals surface area (Å²) >= 11 is 0. The molecule has 0 radical (unpaired) electrons. The van der Waals surface area contributed by atoms with E-state index in [1.807, 2.05) is 60.7 Å². The van der Waals surface area contributed by atoms with Crippen molar-refractivity contribution >= 4 is 11.9 Å². The van der Waals surface area contributed by atoms with Gasteiger partial charge in [-0.1, -0.05) is 48.5 Å². The molecule has 0 amide bonds. The lowest BCUT2D eigenvalue weighted by molar-refractivity contribution is -0.152. The summed E-state index contributed by atoms with van der Waals surface area (Å²) in [6, 6.07) is 19.5. The average molecular weight is 378 g/mol. The largest absolute Gasteiger partial charge is 0.474 e. The molecule has 0 spiro atoms. The minimum Gasteiger partial charge on any atom is -0.474 e. The minimum absolute atomic E-state index is 0.245. The van der Waals surface area contributed by atoms with Gasteiger partial charge in [0, 0.05) is 5.56 Å². The van der Waals surface area contributed by atoms with Crippen molar-refractivity contribution in [3.63, 3.8) is 0 Å². The lowest BCUT2D eigenvalue weighted by Crippen LogP contribution is -2.43. The second-order valence-electron chi connectivity index (χ2n) is 7.56. The summed E-state index contributed by atoms with van der Waals surface area (Å²) < 4.78 is 11.6. The van der Waals surface area contributed by atoms with Gasteiger partial charge in [-0.2, -0.15) is 0 Å². The molecular formula is C23H26N2O3. The Morgan fingerprint density at radius 3 is 2.46 bits per heavy atom. The number of carbonyl (C=O) groups excluding carboxylic acids is 1. The number of nitrogens with one attached hydrogen (secondary N) is 1. The predicted molar refractivity (Wildman–Crippen MR) is 108 cm³/mol. The molecule has 0 unspecified atom stereocenters. The molecule has 1 N–H and O–H groups in total. The third kappa shape index (κ3) is 4.25. The zero-order valence-corrected chi connectivity index (χ0v) is 16.0. The zero-order chi connectivity index (χ0) is 19.2. The molecular weight excluding hydrogens is 352 g/mol. The van der Waals surface area contributed by atoms with E-state index in [0.29, 0.717) is 18.2 Å². The van der Waals surface area contributed by atoms with Gasteiger partial charge in [-0.15, -0.1) is 0 Å². The molecule has 1 fully saturated rings. The van der Waals surface area contributed by atoms with Gasteiger partial charge in [-0.25, -0.2) is 9.79 Å². The minimum atomic E-state index is -0.956. The molecule has 2 aliphatic rings. The fourth-order valence-corrected chi connectivity index (χ4v) is 3.89. The van der Waals surface area contributed by atoms with Crippen LogP contribution < -0.4 is 5.32 Å². The molecule has 0 aromatic heterocycles. The highest BCUT2D eigenvalue weighted by Crippen LogP contribution is 2.33. The van der Waals surface area contributed by atoms with E-state index in [0.717, 1.165) is 37.1 Å². The van der Waals surface area contributed by atoms with Crippen LogP contribution in [0.15, 0.2) is 65.7 Å². The second kappa shape index (κ2) is 8.57. The van der Waals surface area contributed by atoms with Crippen molar-refractivity contribution in [3.05, 3.63) is 71.8 Å². The van der Waals surface area contributed by atoms with Crippen LogP contribution in [0.5, 0.6) is 0 Å². The van der Waals surface area contributed by atoms with Gasteiger partial charge in [-0.05, 0) is 56.0 Å². The van der Waals surface area contributed by atoms with E-state index in [1.54, 1.807) is 0 Å². The summed E-state index contributed by atoms with van der Waals surface area (Å²) in [5, 5.41) is 3.38. The van der Waals surface area contributed by atoms with Crippen molar-refractivity contribution in [2.24, 2.45) is 10.9 Å². The molecule has 0 bridgehead atoms. The van der Waals surface area contributed by atoms with Crippen molar-refractivity contribution in [2.45, 2.75) is 31.4 Å². The maximum atomic E-state index is 13.2. The smallest absolute Gasteiger partial charge is 0.338 e. The first-order chi connectivity index (χ1) is 13.8. The van der Waals surface area contributed by atoms with E-state index >= 15 is 0 Å². The molecule has 5 heteroatoms. The van der Waals surface area contributed by atoms with Gasteiger partial charge in [0.05, 0.1) is 0 Å². The predicted octanol–water partition coefficient (Wildman–Crippen LogP) is 3.34. The van der Waals surface area contributed by atoms with Crippen LogP contribution in [0.25, 0.3) is 0 Å². The molecule has 0 saturated carbocycles. The molecule has 146 valence electrons. The highest BCUT2D eigenvalue weighted by atomic mass is 16.5. The van der Waals surface area contributed by atoms with Crippen LogP contribution in [0.3, 0.4) is 0 Å².